The summed E-state index contributed by atoms with van der Waals surface area (Å²) in [5, 5.41) is 10.3. The first-order valence-corrected chi connectivity index (χ1v) is 33.0. The molecule has 0 aliphatic rings. The highest BCUT2D eigenvalue weighted by Crippen LogP contribution is 2.31. The lowest BCUT2D eigenvalue weighted by Gasteiger charge is -2.34. The monoisotopic (exact) mass is 1130 g/mol. The summed E-state index contributed by atoms with van der Waals surface area (Å²) < 4.78 is 0. The molecular weight excluding hydrogens is 1080 g/mol. The van der Waals surface area contributed by atoms with E-state index >= 15 is 0 Å². The van der Waals surface area contributed by atoms with Crippen molar-refractivity contribution in [2.75, 3.05) is 0 Å². The Morgan fingerprint density at radius 3 is 0.558 bits per heavy atom. The SMILES string of the molecule is c1ccc(-c2nc(-c3ccc(-c4ccc(-c5nc(-c6ccccc6)nc(-c6cccc([Si](c7ccccc7)(c7ccccc7)c7ccccc7)c6)n5)cc4)cc3)nc(-c3cccc([Si](c4ccccc4)(c4ccccc4)c4ccccc4)c3)n2)cc1. The van der Waals surface area contributed by atoms with Gasteiger partial charge in [-0.25, -0.2) is 29.9 Å². The van der Waals surface area contributed by atoms with E-state index in [-0.39, 0.29) is 0 Å². The Morgan fingerprint density at radius 2 is 0.314 bits per heavy atom. The molecule has 0 aliphatic heterocycles. The molecule has 0 fully saturated rings. The number of rotatable bonds is 15. The summed E-state index contributed by atoms with van der Waals surface area (Å²) in [7, 11) is -5.66. The van der Waals surface area contributed by atoms with Gasteiger partial charge >= 0.3 is 0 Å². The smallest absolute Gasteiger partial charge is 0.179 e. The van der Waals surface area contributed by atoms with Crippen LogP contribution in [0.1, 0.15) is 0 Å². The van der Waals surface area contributed by atoms with Gasteiger partial charge in [-0.3, -0.25) is 0 Å². The molecule has 0 radical (unpaired) electrons. The summed E-state index contributed by atoms with van der Waals surface area (Å²) in [5.74, 6) is 3.63. The Hall–Kier alpha value is -10.9. The lowest BCUT2D eigenvalue weighted by Crippen LogP contribution is -2.74. The zero-order valence-corrected chi connectivity index (χ0v) is 49.0. The highest BCUT2D eigenvalue weighted by Gasteiger charge is 2.43. The Balaban J connectivity index is 0.818. The van der Waals surface area contributed by atoms with Crippen LogP contribution >= 0.6 is 0 Å². The standard InChI is InChI=1S/C78H56N6Si2/c1-9-27-59(28-10-1)73-79-75(83-77(81-73)63-31-25-45-71(55-63)85(65-33-13-3-14-34-65,66-35-15-4-16-36-66)67-37-17-5-18-38-67)61-51-47-57(48-52-61)58-49-53-62(54-50-58)76-80-74(60-29-11-2-12-30-60)82-78(84-76)64-32-26-46-72(56-64)86(68-39-19-6-20-40-68,69-41-21-7-22-42-69)70-43-23-8-24-44-70/h1-56H. The topological polar surface area (TPSA) is 77.3 Å². The number of nitrogens with zero attached hydrogens (tertiary/aromatic N) is 6. The normalized spacial score (nSPS) is 11.5. The molecule has 0 unspecified atom stereocenters. The van der Waals surface area contributed by atoms with Gasteiger partial charge in [0, 0.05) is 33.4 Å². The predicted octanol–water partition coefficient (Wildman–Crippen LogP) is 12.5. The van der Waals surface area contributed by atoms with Crippen molar-refractivity contribution >= 4 is 57.6 Å². The minimum atomic E-state index is -2.83. The number of hydrogen-bond acceptors (Lipinski definition) is 6. The second kappa shape index (κ2) is 23.8. The summed E-state index contributed by atoms with van der Waals surface area (Å²) in [4.78, 5) is 31.3. The van der Waals surface area contributed by atoms with Gasteiger partial charge in [0.25, 0.3) is 0 Å². The van der Waals surface area contributed by atoms with E-state index in [4.69, 9.17) is 29.9 Å². The number of benzene rings is 12. The molecule has 86 heavy (non-hydrogen) atoms. The van der Waals surface area contributed by atoms with E-state index in [0.29, 0.717) is 34.9 Å². The molecule has 0 saturated carbocycles. The van der Waals surface area contributed by atoms with Crippen molar-refractivity contribution in [3.05, 3.63) is 340 Å². The van der Waals surface area contributed by atoms with Crippen molar-refractivity contribution in [2.24, 2.45) is 0 Å². The summed E-state index contributed by atoms with van der Waals surface area (Å²) in [6.45, 7) is 0. The average Bonchev–Trinajstić information content (AvgIpc) is 2.08. The first-order chi connectivity index (χ1) is 42.6. The van der Waals surface area contributed by atoms with Crippen LogP contribution in [0, 0.1) is 0 Å². The van der Waals surface area contributed by atoms with Gasteiger partial charge in [-0.1, -0.05) is 340 Å². The van der Waals surface area contributed by atoms with Crippen LogP contribution in [-0.4, -0.2) is 46.1 Å². The second-order valence-corrected chi connectivity index (χ2v) is 29.0. The van der Waals surface area contributed by atoms with Crippen LogP contribution in [-0.2, 0) is 0 Å². The molecule has 2 aromatic heterocycles. The van der Waals surface area contributed by atoms with Crippen LogP contribution in [0.4, 0.5) is 0 Å². The predicted molar refractivity (Wildman–Crippen MR) is 358 cm³/mol. The first-order valence-electron chi connectivity index (χ1n) is 29.0. The van der Waals surface area contributed by atoms with Crippen LogP contribution in [0.15, 0.2) is 340 Å². The fourth-order valence-corrected chi connectivity index (χ4v) is 21.8. The Morgan fingerprint density at radius 1 is 0.140 bits per heavy atom. The van der Waals surface area contributed by atoms with Crippen LogP contribution in [0.2, 0.25) is 0 Å². The van der Waals surface area contributed by atoms with E-state index in [0.717, 1.165) is 44.5 Å². The molecule has 14 rings (SSSR count). The maximum Gasteiger partial charge on any atom is 0.179 e. The van der Waals surface area contributed by atoms with Crippen LogP contribution < -0.4 is 41.5 Å². The maximum atomic E-state index is 5.28. The van der Waals surface area contributed by atoms with Crippen molar-refractivity contribution in [3.63, 3.8) is 0 Å². The zero-order chi connectivity index (χ0) is 57.5. The average molecular weight is 1130 g/mol. The van der Waals surface area contributed by atoms with E-state index in [2.05, 4.69) is 303 Å². The molecular formula is C78H56N6Si2. The molecule has 0 amide bonds. The second-order valence-electron chi connectivity index (χ2n) is 21.4. The van der Waals surface area contributed by atoms with E-state index in [1.807, 2.05) is 36.4 Å². The summed E-state index contributed by atoms with van der Waals surface area (Å²) in [6, 6.07) is 121. The quantitative estimate of drug-likeness (QED) is 0.0752. The van der Waals surface area contributed by atoms with Gasteiger partial charge in [0.2, 0.25) is 0 Å². The molecule has 0 atom stereocenters. The fraction of sp³-hybridized carbons (Fsp3) is 0. The minimum absolute atomic E-state index is 0.595. The summed E-state index contributed by atoms with van der Waals surface area (Å²) >= 11 is 0. The van der Waals surface area contributed by atoms with Gasteiger partial charge in [-0.15, -0.1) is 0 Å². The molecule has 12 aromatic carbocycles. The van der Waals surface area contributed by atoms with E-state index in [1.54, 1.807) is 0 Å². The lowest BCUT2D eigenvalue weighted by molar-refractivity contribution is 1.07. The molecule has 0 saturated heterocycles. The van der Waals surface area contributed by atoms with Gasteiger partial charge in [0.1, 0.15) is 0 Å². The van der Waals surface area contributed by atoms with Crippen LogP contribution in [0.25, 0.3) is 79.5 Å². The minimum Gasteiger partial charge on any atom is -0.208 e. The molecule has 6 nitrogen and oxygen atoms in total. The molecule has 8 heteroatoms. The molecule has 0 aliphatic carbocycles. The first kappa shape index (κ1) is 53.1. The number of aromatic nitrogens is 6. The Bertz CT molecular complexity index is 4090. The Kier molecular flexibility index (Phi) is 14.7. The third-order valence-corrected chi connectivity index (χ3v) is 25.9. The maximum absolute atomic E-state index is 5.28. The lowest BCUT2D eigenvalue weighted by atomic mass is 10.0. The zero-order valence-electron chi connectivity index (χ0n) is 47.0. The van der Waals surface area contributed by atoms with E-state index in [1.165, 1.54) is 41.5 Å². The number of hydrogen-bond donors (Lipinski definition) is 0. The summed E-state index contributed by atoms with van der Waals surface area (Å²) in [6.07, 6.45) is 0. The molecule has 2 heterocycles. The van der Waals surface area contributed by atoms with E-state index in [9.17, 15) is 0 Å². The summed E-state index contributed by atoms with van der Waals surface area (Å²) in [5.41, 5.74) is 7.55. The van der Waals surface area contributed by atoms with Crippen LogP contribution in [0.5, 0.6) is 0 Å². The highest BCUT2D eigenvalue weighted by atomic mass is 28.3. The molecule has 0 spiro atoms. The van der Waals surface area contributed by atoms with Crippen LogP contribution in [0.3, 0.4) is 0 Å². The Labute approximate surface area is 503 Å². The van der Waals surface area contributed by atoms with Gasteiger partial charge in [0.05, 0.1) is 0 Å². The molecule has 0 N–H and O–H groups in total. The van der Waals surface area contributed by atoms with E-state index < -0.39 is 16.1 Å². The van der Waals surface area contributed by atoms with Crippen molar-refractivity contribution in [1.82, 2.24) is 29.9 Å². The van der Waals surface area contributed by atoms with Gasteiger partial charge < -0.3 is 0 Å². The van der Waals surface area contributed by atoms with Gasteiger partial charge in [-0.2, -0.15) is 0 Å². The highest BCUT2D eigenvalue weighted by molar-refractivity contribution is 7.20. The molecule has 406 valence electrons. The van der Waals surface area contributed by atoms with Gasteiger partial charge in [0.15, 0.2) is 51.1 Å². The third-order valence-electron chi connectivity index (χ3n) is 16.3. The fourth-order valence-electron chi connectivity index (χ4n) is 12.2. The van der Waals surface area contributed by atoms with Gasteiger partial charge in [-0.05, 0) is 52.6 Å². The van der Waals surface area contributed by atoms with Crippen molar-refractivity contribution in [1.29, 1.82) is 0 Å². The third kappa shape index (κ3) is 10.2. The van der Waals surface area contributed by atoms with Crippen molar-refractivity contribution in [2.45, 2.75) is 0 Å². The van der Waals surface area contributed by atoms with Crippen molar-refractivity contribution in [3.8, 4) is 79.5 Å². The molecule has 0 bridgehead atoms. The largest absolute Gasteiger partial charge is 0.208 e. The van der Waals surface area contributed by atoms with Crippen molar-refractivity contribution < 1.29 is 0 Å². The molecule has 14 aromatic rings.